The van der Waals surface area contributed by atoms with Crippen molar-refractivity contribution in [3.8, 4) is 0 Å². The minimum absolute atomic E-state index is 0.0459. The van der Waals surface area contributed by atoms with Crippen LogP contribution in [-0.4, -0.2) is 65.5 Å². The largest absolute Gasteiger partial charge is 0.680 e. The fourth-order valence-electron chi connectivity index (χ4n) is 1.06. The summed E-state index contributed by atoms with van der Waals surface area (Å²) in [6.45, 7) is 18.6. The summed E-state index contributed by atoms with van der Waals surface area (Å²) in [5.41, 5.74) is 0. The predicted octanol–water partition coefficient (Wildman–Crippen LogP) is 0.834. The second-order valence-corrected chi connectivity index (χ2v) is 7.66. The van der Waals surface area contributed by atoms with E-state index < -0.39 is 18.1 Å². The highest BCUT2D eigenvalue weighted by Gasteiger charge is 2.45. The molecule has 3 N–H and O–H groups in total. The van der Waals surface area contributed by atoms with Crippen LogP contribution >= 0.6 is 0 Å². The van der Waals surface area contributed by atoms with E-state index >= 15 is 0 Å². The van der Waals surface area contributed by atoms with Gasteiger partial charge < -0.3 is 36.5 Å². The molecule has 0 aliphatic heterocycles. The van der Waals surface area contributed by atoms with Crippen LogP contribution in [0.15, 0.2) is 63.3 Å². The third kappa shape index (κ3) is 17.4. The molecule has 8 nitrogen and oxygen atoms in total. The topological polar surface area (TPSA) is 107 Å². The van der Waals surface area contributed by atoms with Crippen LogP contribution < -0.4 is 0 Å². The Morgan fingerprint density at radius 3 is 0.920 bits per heavy atom. The maximum absolute atomic E-state index is 8.13. The van der Waals surface area contributed by atoms with Gasteiger partial charge in [-0.05, 0) is 0 Å². The highest BCUT2D eigenvalue weighted by Crippen LogP contribution is 2.12. The van der Waals surface area contributed by atoms with E-state index in [-0.39, 0.29) is 33.0 Å². The van der Waals surface area contributed by atoms with Crippen LogP contribution in [-0.2, 0) is 22.1 Å². The molecule has 0 aromatic carbocycles. The summed E-state index contributed by atoms with van der Waals surface area (Å²) in [7, 11) is -7.41. The van der Waals surface area contributed by atoms with Crippen LogP contribution in [0.4, 0.5) is 0 Å². The van der Waals surface area contributed by atoms with Crippen LogP contribution in [0.2, 0.25) is 0 Å². The summed E-state index contributed by atoms with van der Waals surface area (Å²) in [6, 6.07) is 0. The minimum atomic E-state index is -4.25. The van der Waals surface area contributed by atoms with Crippen LogP contribution in [0.25, 0.3) is 0 Å². The first-order valence-corrected chi connectivity index (χ1v) is 10.6. The van der Waals surface area contributed by atoms with E-state index in [9.17, 15) is 0 Å². The highest BCUT2D eigenvalue weighted by molar-refractivity contribution is 6.53. The predicted molar refractivity (Wildman–Crippen MR) is 98.9 cm³/mol. The molecule has 0 aliphatic rings. The molecule has 0 amide bonds. The van der Waals surface area contributed by atoms with Crippen molar-refractivity contribution in [3.05, 3.63) is 63.3 Å². The molecule has 0 bridgehead atoms. The van der Waals surface area contributed by atoms with Crippen LogP contribution in [0, 0.1) is 0 Å². The maximum Gasteiger partial charge on any atom is 0.680 e. The first kappa shape index (κ1) is 26.0. The summed E-state index contributed by atoms with van der Waals surface area (Å²) < 4.78 is 26.0. The second kappa shape index (κ2) is 16.3. The third-order valence-electron chi connectivity index (χ3n) is 1.91. The van der Waals surface area contributed by atoms with Gasteiger partial charge in [0.05, 0.1) is 33.0 Å². The van der Waals surface area contributed by atoms with Gasteiger partial charge in [0, 0.05) is 0 Å². The number of hydrogen-bond donors (Lipinski definition) is 3. The highest BCUT2D eigenvalue weighted by atomic mass is 28.4. The molecule has 0 rings (SSSR count). The SMILES string of the molecule is C=CCO[Si](O)(O)O.C=CCO[Si](OCC=C)(OCC=C)OCC=C. The van der Waals surface area contributed by atoms with Crippen LogP contribution in [0.5, 0.6) is 0 Å². The van der Waals surface area contributed by atoms with Crippen molar-refractivity contribution in [2.45, 2.75) is 0 Å². The Hall–Kier alpha value is -1.19. The molecule has 0 fully saturated rings. The van der Waals surface area contributed by atoms with E-state index in [0.717, 1.165) is 0 Å². The maximum atomic E-state index is 8.13. The normalized spacial score (nSPS) is 11.0. The Morgan fingerprint density at radius 1 is 0.520 bits per heavy atom. The van der Waals surface area contributed by atoms with E-state index in [1.54, 1.807) is 24.3 Å². The molecule has 0 saturated carbocycles. The van der Waals surface area contributed by atoms with Crippen molar-refractivity contribution in [1.82, 2.24) is 0 Å². The van der Waals surface area contributed by atoms with E-state index in [4.69, 9.17) is 32.1 Å². The van der Waals surface area contributed by atoms with E-state index in [1.165, 1.54) is 6.08 Å². The van der Waals surface area contributed by atoms with Gasteiger partial charge in [-0.25, -0.2) is 0 Å². The van der Waals surface area contributed by atoms with Gasteiger partial charge in [0.2, 0.25) is 0 Å². The van der Waals surface area contributed by atoms with Gasteiger partial charge in [-0.3, -0.25) is 0 Å². The zero-order valence-corrected chi connectivity index (χ0v) is 16.3. The summed E-state index contributed by atoms with van der Waals surface area (Å²) in [6.07, 6.45) is 7.73. The smallest absolute Gasteiger partial charge is 0.368 e. The van der Waals surface area contributed by atoms with Gasteiger partial charge in [-0.15, -0.1) is 32.9 Å². The van der Waals surface area contributed by atoms with Crippen molar-refractivity contribution in [3.63, 3.8) is 0 Å². The van der Waals surface area contributed by atoms with Crippen molar-refractivity contribution in [2.24, 2.45) is 0 Å². The quantitative estimate of drug-likeness (QED) is 0.278. The summed E-state index contributed by atoms with van der Waals surface area (Å²) in [5.74, 6) is 0. The molecule has 10 heteroatoms. The van der Waals surface area contributed by atoms with Crippen molar-refractivity contribution >= 4 is 18.1 Å². The number of rotatable bonds is 15. The average molecular weight is 393 g/mol. The van der Waals surface area contributed by atoms with E-state index in [1.807, 2.05) is 0 Å². The molecule has 0 saturated heterocycles. The third-order valence-corrected chi connectivity index (χ3v) is 4.54. The Morgan fingerprint density at radius 2 is 0.760 bits per heavy atom. The number of hydrogen-bond acceptors (Lipinski definition) is 8. The van der Waals surface area contributed by atoms with Gasteiger partial charge in [-0.1, -0.05) is 30.4 Å². The summed E-state index contributed by atoms with van der Waals surface area (Å²) in [4.78, 5) is 24.4. The lowest BCUT2D eigenvalue weighted by atomic mass is 10.7. The van der Waals surface area contributed by atoms with Gasteiger partial charge in [0.15, 0.2) is 0 Å². The minimum Gasteiger partial charge on any atom is -0.368 e. The second-order valence-electron chi connectivity index (χ2n) is 4.07. The Balaban J connectivity index is 0. The Labute approximate surface area is 151 Å². The first-order chi connectivity index (χ1) is 11.8. The molecule has 0 heterocycles. The molecule has 0 spiro atoms. The van der Waals surface area contributed by atoms with E-state index in [2.05, 4.69) is 37.3 Å². The molecule has 0 aromatic heterocycles. The molecular formula is C15H28O8Si2. The molecule has 0 radical (unpaired) electrons. The fourth-order valence-corrected chi connectivity index (χ4v) is 3.19. The molecule has 0 aliphatic carbocycles. The van der Waals surface area contributed by atoms with Crippen LogP contribution in [0.1, 0.15) is 0 Å². The lowest BCUT2D eigenvalue weighted by Crippen LogP contribution is -2.49. The molecule has 0 atom stereocenters. The fraction of sp³-hybridized carbons (Fsp3) is 0.333. The summed E-state index contributed by atoms with van der Waals surface area (Å²) >= 11 is 0. The zero-order valence-electron chi connectivity index (χ0n) is 14.3. The molecule has 25 heavy (non-hydrogen) atoms. The van der Waals surface area contributed by atoms with Gasteiger partial charge in [0.25, 0.3) is 0 Å². The Kier molecular flexibility index (Phi) is 17.0. The molecule has 0 aromatic rings. The van der Waals surface area contributed by atoms with E-state index in [0.29, 0.717) is 0 Å². The van der Waals surface area contributed by atoms with Crippen molar-refractivity contribution in [1.29, 1.82) is 0 Å². The van der Waals surface area contributed by atoms with Crippen LogP contribution in [0.3, 0.4) is 0 Å². The average Bonchev–Trinajstić information content (AvgIpc) is 2.58. The van der Waals surface area contributed by atoms with Gasteiger partial charge in [0.1, 0.15) is 0 Å². The standard InChI is InChI=1S/C12H20O4Si.C3H8O4Si/c1-5-9-13-17(14-10-6-2,15-11-7-3)16-12-8-4;1-2-3-7-8(4,5)6/h5-8H,1-4,9-12H2;2,4-6H,1,3H2. The van der Waals surface area contributed by atoms with Crippen molar-refractivity contribution < 1.29 is 36.5 Å². The lowest BCUT2D eigenvalue weighted by Gasteiger charge is -2.26. The monoisotopic (exact) mass is 392 g/mol. The Bertz CT molecular complexity index is 342. The lowest BCUT2D eigenvalue weighted by molar-refractivity contribution is -0.0117. The zero-order chi connectivity index (χ0) is 19.6. The van der Waals surface area contributed by atoms with Crippen molar-refractivity contribution in [2.75, 3.05) is 33.0 Å². The molecular weight excluding hydrogens is 364 g/mol. The first-order valence-electron chi connectivity index (χ1n) is 7.22. The molecule has 144 valence electrons. The van der Waals surface area contributed by atoms with Gasteiger partial charge in [-0.2, -0.15) is 0 Å². The van der Waals surface area contributed by atoms with Gasteiger partial charge >= 0.3 is 18.1 Å². The molecule has 0 unspecified atom stereocenters. The summed E-state index contributed by atoms with van der Waals surface area (Å²) in [5, 5.41) is 0.